The van der Waals surface area contributed by atoms with Crippen LogP contribution in [0.2, 0.25) is 0 Å². The van der Waals surface area contributed by atoms with Crippen LogP contribution in [0.15, 0.2) is 30.3 Å². The Hall–Kier alpha value is -2.17. The van der Waals surface area contributed by atoms with E-state index in [1.54, 1.807) is 30.3 Å². The van der Waals surface area contributed by atoms with Crippen LogP contribution in [-0.2, 0) is 19.1 Å². The van der Waals surface area contributed by atoms with Crippen molar-refractivity contribution in [1.82, 2.24) is 0 Å². The Balaban J connectivity index is 2.54. The van der Waals surface area contributed by atoms with Gasteiger partial charge in [-0.15, -0.1) is 0 Å². The van der Waals surface area contributed by atoms with Crippen molar-refractivity contribution in [1.29, 1.82) is 0 Å². The molecule has 0 amide bonds. The first-order valence-corrected chi connectivity index (χ1v) is 5.93. The maximum absolute atomic E-state index is 11.3. The maximum Gasteiger partial charge on any atom is 0.314 e. The van der Waals surface area contributed by atoms with Gasteiger partial charge >= 0.3 is 11.9 Å². The van der Waals surface area contributed by atoms with Gasteiger partial charge in [0.2, 0.25) is 0 Å². The smallest absolute Gasteiger partial charge is 0.314 e. The van der Waals surface area contributed by atoms with E-state index in [9.17, 15) is 14.4 Å². The second kappa shape index (κ2) is 7.31. The fourth-order valence-electron chi connectivity index (χ4n) is 1.52. The third-order valence-electron chi connectivity index (χ3n) is 2.59. The molecule has 0 aliphatic carbocycles. The van der Waals surface area contributed by atoms with Crippen molar-refractivity contribution in [2.45, 2.75) is 25.7 Å². The predicted octanol–water partition coefficient (Wildman–Crippen LogP) is 1.77. The molecule has 1 aromatic carbocycles. The SMILES string of the molecule is CC(=O)CCC(=O)OCC(C(=O)O)c1ccccc1. The van der Waals surface area contributed by atoms with Crippen molar-refractivity contribution in [2.24, 2.45) is 0 Å². The largest absolute Gasteiger partial charge is 0.481 e. The van der Waals surface area contributed by atoms with E-state index in [0.717, 1.165) is 0 Å². The molecule has 19 heavy (non-hydrogen) atoms. The predicted molar refractivity (Wildman–Crippen MR) is 67.7 cm³/mol. The molecule has 0 saturated heterocycles. The number of carboxylic acids is 1. The molecule has 0 aliphatic heterocycles. The van der Waals surface area contributed by atoms with Gasteiger partial charge in [0.1, 0.15) is 18.3 Å². The van der Waals surface area contributed by atoms with Gasteiger partial charge in [0.15, 0.2) is 0 Å². The van der Waals surface area contributed by atoms with Crippen LogP contribution in [-0.4, -0.2) is 29.4 Å². The first-order valence-electron chi connectivity index (χ1n) is 5.93. The normalized spacial score (nSPS) is 11.6. The summed E-state index contributed by atoms with van der Waals surface area (Å²) in [4.78, 5) is 33.2. The summed E-state index contributed by atoms with van der Waals surface area (Å²) in [5.41, 5.74) is 0.578. The van der Waals surface area contributed by atoms with Crippen molar-refractivity contribution >= 4 is 17.7 Å². The standard InChI is InChI=1S/C14H16O5/c1-10(15)7-8-13(16)19-9-12(14(17)18)11-5-3-2-4-6-11/h2-6,12H,7-9H2,1H3,(H,17,18). The molecule has 0 aliphatic rings. The molecule has 0 saturated carbocycles. The number of carboxylic acid groups (broad SMARTS) is 1. The van der Waals surface area contributed by atoms with E-state index in [2.05, 4.69) is 0 Å². The number of ketones is 1. The van der Waals surface area contributed by atoms with Crippen LogP contribution in [0.3, 0.4) is 0 Å². The highest BCUT2D eigenvalue weighted by Gasteiger charge is 2.21. The molecule has 1 atom stereocenters. The first kappa shape index (κ1) is 14.9. The molecule has 5 heteroatoms. The highest BCUT2D eigenvalue weighted by molar-refractivity contribution is 5.81. The fourth-order valence-corrected chi connectivity index (χ4v) is 1.52. The average molecular weight is 264 g/mol. The first-order chi connectivity index (χ1) is 9.00. The van der Waals surface area contributed by atoms with E-state index in [1.165, 1.54) is 6.92 Å². The van der Waals surface area contributed by atoms with Crippen LogP contribution in [0.1, 0.15) is 31.2 Å². The number of esters is 1. The lowest BCUT2D eigenvalue weighted by molar-refractivity contribution is -0.148. The topological polar surface area (TPSA) is 80.7 Å². The molecule has 1 rings (SSSR count). The van der Waals surface area contributed by atoms with Gasteiger partial charge in [0.25, 0.3) is 0 Å². The van der Waals surface area contributed by atoms with Crippen molar-refractivity contribution in [3.8, 4) is 0 Å². The van der Waals surface area contributed by atoms with Crippen molar-refractivity contribution in [2.75, 3.05) is 6.61 Å². The number of carbonyl (C=O) groups excluding carboxylic acids is 2. The van der Waals surface area contributed by atoms with E-state index in [1.807, 2.05) is 0 Å². The Kier molecular flexibility index (Phi) is 5.73. The van der Waals surface area contributed by atoms with Crippen LogP contribution >= 0.6 is 0 Å². The second-order valence-corrected chi connectivity index (χ2v) is 4.19. The minimum Gasteiger partial charge on any atom is -0.481 e. The number of hydrogen-bond donors (Lipinski definition) is 1. The summed E-state index contributed by atoms with van der Waals surface area (Å²) in [7, 11) is 0. The maximum atomic E-state index is 11.3. The van der Waals surface area contributed by atoms with Gasteiger partial charge in [-0.05, 0) is 12.5 Å². The Labute approximate surface area is 111 Å². The fraction of sp³-hybridized carbons (Fsp3) is 0.357. The van der Waals surface area contributed by atoms with Gasteiger partial charge in [-0.1, -0.05) is 30.3 Å². The van der Waals surface area contributed by atoms with E-state index in [-0.39, 0.29) is 25.2 Å². The van der Waals surface area contributed by atoms with Crippen LogP contribution in [0, 0.1) is 0 Å². The Morgan fingerprint density at radius 2 is 1.79 bits per heavy atom. The summed E-state index contributed by atoms with van der Waals surface area (Å²) in [6.07, 6.45) is 0.0956. The Bertz CT molecular complexity index is 452. The molecular weight excluding hydrogens is 248 g/mol. The highest BCUT2D eigenvalue weighted by atomic mass is 16.5. The van der Waals surface area contributed by atoms with E-state index in [0.29, 0.717) is 5.56 Å². The molecule has 102 valence electrons. The zero-order valence-corrected chi connectivity index (χ0v) is 10.7. The lowest BCUT2D eigenvalue weighted by atomic mass is 10.0. The number of hydrogen-bond acceptors (Lipinski definition) is 4. The molecule has 0 bridgehead atoms. The molecule has 0 aromatic heterocycles. The number of benzene rings is 1. The average Bonchev–Trinajstić information content (AvgIpc) is 2.37. The number of aliphatic carboxylic acids is 1. The molecule has 0 fully saturated rings. The van der Waals surface area contributed by atoms with E-state index in [4.69, 9.17) is 9.84 Å². The van der Waals surface area contributed by atoms with Crippen molar-refractivity contribution < 1.29 is 24.2 Å². The van der Waals surface area contributed by atoms with Crippen LogP contribution in [0.25, 0.3) is 0 Å². The van der Waals surface area contributed by atoms with Gasteiger partial charge in [0.05, 0.1) is 6.42 Å². The van der Waals surface area contributed by atoms with Crippen molar-refractivity contribution in [3.05, 3.63) is 35.9 Å². The quantitative estimate of drug-likeness (QED) is 0.759. The summed E-state index contributed by atoms with van der Waals surface area (Å²) in [6, 6.07) is 8.57. The number of Topliss-reactive ketones (excluding diaryl/α,β-unsaturated/α-hetero) is 1. The van der Waals surface area contributed by atoms with E-state index >= 15 is 0 Å². The minimum absolute atomic E-state index is 0.0174. The van der Waals surface area contributed by atoms with Crippen LogP contribution in [0.4, 0.5) is 0 Å². The third kappa shape index (κ3) is 5.33. The monoisotopic (exact) mass is 264 g/mol. The van der Waals surface area contributed by atoms with Gasteiger partial charge in [-0.2, -0.15) is 0 Å². The summed E-state index contributed by atoms with van der Waals surface area (Å²) in [5.74, 6) is -2.60. The zero-order valence-electron chi connectivity index (χ0n) is 10.7. The molecular formula is C14H16O5. The number of carbonyl (C=O) groups is 3. The van der Waals surface area contributed by atoms with Gasteiger partial charge in [-0.25, -0.2) is 0 Å². The molecule has 0 radical (unpaired) electrons. The summed E-state index contributed by atoms with van der Waals surface area (Å²) in [6.45, 7) is 1.16. The molecule has 1 N–H and O–H groups in total. The summed E-state index contributed by atoms with van der Waals surface area (Å²) >= 11 is 0. The van der Waals surface area contributed by atoms with Crippen molar-refractivity contribution in [3.63, 3.8) is 0 Å². The van der Waals surface area contributed by atoms with E-state index < -0.39 is 17.9 Å². The lowest BCUT2D eigenvalue weighted by Gasteiger charge is -2.13. The molecule has 1 unspecified atom stereocenters. The molecule has 5 nitrogen and oxygen atoms in total. The van der Waals surface area contributed by atoms with Gasteiger partial charge < -0.3 is 14.6 Å². The van der Waals surface area contributed by atoms with Crippen LogP contribution < -0.4 is 0 Å². The van der Waals surface area contributed by atoms with Gasteiger partial charge in [0, 0.05) is 6.42 Å². The molecule has 0 heterocycles. The zero-order chi connectivity index (χ0) is 14.3. The Morgan fingerprint density at radius 1 is 1.16 bits per heavy atom. The minimum atomic E-state index is -1.05. The summed E-state index contributed by atoms with van der Waals surface area (Å²) < 4.78 is 4.90. The van der Waals surface area contributed by atoms with Gasteiger partial charge in [-0.3, -0.25) is 9.59 Å². The number of rotatable bonds is 7. The molecule has 0 spiro atoms. The molecule has 1 aromatic rings. The lowest BCUT2D eigenvalue weighted by Crippen LogP contribution is -2.20. The van der Waals surface area contributed by atoms with Crippen LogP contribution in [0.5, 0.6) is 0 Å². The highest BCUT2D eigenvalue weighted by Crippen LogP contribution is 2.16. The third-order valence-corrected chi connectivity index (χ3v) is 2.59. The number of ether oxygens (including phenoxy) is 1. The Morgan fingerprint density at radius 3 is 2.32 bits per heavy atom. The second-order valence-electron chi connectivity index (χ2n) is 4.19. The summed E-state index contributed by atoms with van der Waals surface area (Å²) in [5, 5.41) is 9.11.